The van der Waals surface area contributed by atoms with Crippen LogP contribution in [0, 0.1) is 0 Å². The first-order valence-electron chi connectivity index (χ1n) is 7.71. The third kappa shape index (κ3) is 3.72. The van der Waals surface area contributed by atoms with Gasteiger partial charge in [0.15, 0.2) is 0 Å². The van der Waals surface area contributed by atoms with Crippen molar-refractivity contribution in [1.29, 1.82) is 0 Å². The fourth-order valence-corrected chi connectivity index (χ4v) is 2.61. The molecule has 0 N–H and O–H groups in total. The molecular formula is C20H16N2O2S. The summed E-state index contributed by atoms with van der Waals surface area (Å²) in [6.07, 6.45) is 0. The molecule has 0 spiro atoms. The van der Waals surface area contributed by atoms with Gasteiger partial charge in [0, 0.05) is 5.56 Å². The average Bonchev–Trinajstić information content (AvgIpc) is 2.69. The number of anilines is 2. The van der Waals surface area contributed by atoms with Crippen molar-refractivity contribution in [2.75, 3.05) is 4.90 Å². The normalized spacial score (nSPS) is 10.1. The fraction of sp³-hybridized carbons (Fsp3) is 0. The first-order valence-corrected chi connectivity index (χ1v) is 8.11. The van der Waals surface area contributed by atoms with Crippen LogP contribution < -0.4 is 4.90 Å². The summed E-state index contributed by atoms with van der Waals surface area (Å²) < 4.78 is 0.829. The number of hydrogen-bond donors (Lipinski definition) is 1. The van der Waals surface area contributed by atoms with Gasteiger partial charge in [-0.25, -0.2) is 9.10 Å². The number of amides is 3. The maximum atomic E-state index is 13.0. The molecule has 0 unspecified atom stereocenters. The van der Waals surface area contributed by atoms with E-state index >= 15 is 0 Å². The van der Waals surface area contributed by atoms with Gasteiger partial charge in [-0.15, -0.1) is 0 Å². The van der Waals surface area contributed by atoms with Crippen molar-refractivity contribution in [2.45, 2.75) is 0 Å². The Hall–Kier alpha value is -3.05. The molecule has 3 rings (SSSR count). The summed E-state index contributed by atoms with van der Waals surface area (Å²) in [5.74, 6) is -0.481. The summed E-state index contributed by atoms with van der Waals surface area (Å²) in [4.78, 5) is 27.0. The van der Waals surface area contributed by atoms with Crippen LogP contribution in [0.4, 0.5) is 16.2 Å². The van der Waals surface area contributed by atoms with E-state index in [4.69, 9.17) is 0 Å². The van der Waals surface area contributed by atoms with E-state index < -0.39 is 11.9 Å². The van der Waals surface area contributed by atoms with E-state index in [1.54, 1.807) is 48.5 Å². The molecule has 3 aromatic carbocycles. The molecule has 3 aromatic rings. The molecule has 0 saturated carbocycles. The third-order valence-corrected chi connectivity index (χ3v) is 3.97. The lowest BCUT2D eigenvalue weighted by Gasteiger charge is -2.26. The van der Waals surface area contributed by atoms with Crippen LogP contribution >= 0.6 is 12.8 Å². The van der Waals surface area contributed by atoms with Gasteiger partial charge in [-0.2, -0.15) is 0 Å². The van der Waals surface area contributed by atoms with Crippen molar-refractivity contribution in [2.24, 2.45) is 0 Å². The SMILES string of the molecule is O=C(c1ccccc1)N(S)C(=O)N(c1ccccc1)c1ccccc1. The Kier molecular flexibility index (Phi) is 5.16. The summed E-state index contributed by atoms with van der Waals surface area (Å²) in [7, 11) is 0. The van der Waals surface area contributed by atoms with Gasteiger partial charge >= 0.3 is 6.03 Å². The van der Waals surface area contributed by atoms with Crippen molar-refractivity contribution in [3.63, 3.8) is 0 Å². The number of benzene rings is 3. The Morgan fingerprint density at radius 3 is 1.48 bits per heavy atom. The van der Waals surface area contributed by atoms with Crippen LogP contribution in [0.5, 0.6) is 0 Å². The number of hydrogen-bond acceptors (Lipinski definition) is 3. The van der Waals surface area contributed by atoms with Crippen LogP contribution in [0.1, 0.15) is 10.4 Å². The minimum absolute atomic E-state index is 0.395. The number of carbonyl (C=O) groups excluding carboxylic acids is 2. The highest BCUT2D eigenvalue weighted by molar-refractivity contribution is 7.79. The van der Waals surface area contributed by atoms with Crippen LogP contribution in [-0.4, -0.2) is 16.2 Å². The molecule has 0 heterocycles. The molecule has 0 radical (unpaired) electrons. The number of urea groups is 1. The fourth-order valence-electron chi connectivity index (χ4n) is 2.41. The molecule has 5 heteroatoms. The van der Waals surface area contributed by atoms with Crippen LogP contribution in [0.3, 0.4) is 0 Å². The van der Waals surface area contributed by atoms with Crippen LogP contribution in [0.25, 0.3) is 0 Å². The smallest absolute Gasteiger partial charge is 0.268 e. The lowest BCUT2D eigenvalue weighted by atomic mass is 10.2. The Morgan fingerprint density at radius 1 is 0.640 bits per heavy atom. The van der Waals surface area contributed by atoms with Crippen molar-refractivity contribution in [3.8, 4) is 0 Å². The van der Waals surface area contributed by atoms with Crippen LogP contribution in [0.15, 0.2) is 91.0 Å². The van der Waals surface area contributed by atoms with E-state index in [1.807, 2.05) is 42.5 Å². The maximum absolute atomic E-state index is 13.0. The summed E-state index contributed by atoms with van der Waals surface area (Å²) in [6, 6.07) is 26.3. The maximum Gasteiger partial charge on any atom is 0.346 e. The molecule has 3 amide bonds. The number of nitrogens with zero attached hydrogens (tertiary/aromatic N) is 2. The molecule has 0 aliphatic heterocycles. The zero-order chi connectivity index (χ0) is 17.6. The van der Waals surface area contributed by atoms with Gasteiger partial charge in [0.05, 0.1) is 11.4 Å². The molecule has 25 heavy (non-hydrogen) atoms. The van der Waals surface area contributed by atoms with Gasteiger partial charge < -0.3 is 0 Å². The minimum atomic E-state index is -0.547. The highest BCUT2D eigenvalue weighted by Crippen LogP contribution is 2.27. The zero-order valence-electron chi connectivity index (χ0n) is 13.3. The Morgan fingerprint density at radius 2 is 1.04 bits per heavy atom. The first kappa shape index (κ1) is 16.8. The van der Waals surface area contributed by atoms with Gasteiger partial charge in [-0.1, -0.05) is 67.4 Å². The van der Waals surface area contributed by atoms with E-state index in [0.717, 1.165) is 4.31 Å². The molecule has 0 fully saturated rings. The lowest BCUT2D eigenvalue weighted by molar-refractivity contribution is 0.0900. The van der Waals surface area contributed by atoms with Crippen molar-refractivity contribution >= 4 is 36.1 Å². The number of para-hydroxylation sites is 2. The highest BCUT2D eigenvalue weighted by atomic mass is 32.1. The van der Waals surface area contributed by atoms with Gasteiger partial charge in [-0.05, 0) is 36.4 Å². The quantitative estimate of drug-likeness (QED) is 0.682. The zero-order valence-corrected chi connectivity index (χ0v) is 14.2. The number of rotatable bonds is 3. The first-order chi connectivity index (χ1) is 12.2. The van der Waals surface area contributed by atoms with Gasteiger partial charge in [0.2, 0.25) is 0 Å². The van der Waals surface area contributed by atoms with Crippen molar-refractivity contribution < 1.29 is 9.59 Å². The highest BCUT2D eigenvalue weighted by Gasteiger charge is 2.27. The predicted molar refractivity (Wildman–Crippen MR) is 102 cm³/mol. The largest absolute Gasteiger partial charge is 0.346 e. The number of carbonyl (C=O) groups is 2. The van der Waals surface area contributed by atoms with E-state index in [1.165, 1.54) is 4.90 Å². The molecule has 0 bridgehead atoms. The standard InChI is InChI=1S/C20H16N2O2S/c23-19(16-10-4-1-5-11-16)22(25)20(24)21(17-12-6-2-7-13-17)18-14-8-3-9-15-18/h1-15,25H. The molecule has 0 aliphatic carbocycles. The van der Waals surface area contributed by atoms with E-state index in [-0.39, 0.29) is 0 Å². The minimum Gasteiger partial charge on any atom is -0.268 e. The van der Waals surface area contributed by atoms with Crippen LogP contribution in [-0.2, 0) is 0 Å². The Balaban J connectivity index is 1.96. The topological polar surface area (TPSA) is 40.6 Å². The summed E-state index contributed by atoms with van der Waals surface area (Å²) in [5, 5.41) is 0. The summed E-state index contributed by atoms with van der Waals surface area (Å²) in [5.41, 5.74) is 1.70. The molecule has 0 atom stereocenters. The molecule has 0 saturated heterocycles. The van der Waals surface area contributed by atoms with Gasteiger partial charge in [0.1, 0.15) is 0 Å². The van der Waals surface area contributed by atoms with Gasteiger partial charge in [0.25, 0.3) is 5.91 Å². The molecule has 0 aliphatic rings. The van der Waals surface area contributed by atoms with E-state index in [2.05, 4.69) is 12.8 Å². The van der Waals surface area contributed by atoms with Crippen molar-refractivity contribution in [1.82, 2.24) is 4.31 Å². The van der Waals surface area contributed by atoms with Crippen molar-refractivity contribution in [3.05, 3.63) is 96.6 Å². The second kappa shape index (κ2) is 7.68. The monoisotopic (exact) mass is 348 g/mol. The average molecular weight is 348 g/mol. The second-order valence-corrected chi connectivity index (χ2v) is 5.67. The number of imide groups is 1. The number of thiol groups is 1. The van der Waals surface area contributed by atoms with Crippen LogP contribution in [0.2, 0.25) is 0 Å². The van der Waals surface area contributed by atoms with Gasteiger partial charge in [-0.3, -0.25) is 9.69 Å². The molecular weight excluding hydrogens is 332 g/mol. The van der Waals surface area contributed by atoms with E-state index in [0.29, 0.717) is 16.9 Å². The molecule has 124 valence electrons. The molecule has 4 nitrogen and oxygen atoms in total. The summed E-state index contributed by atoms with van der Waals surface area (Å²) >= 11 is 4.16. The Bertz CT molecular complexity index is 815. The lowest BCUT2D eigenvalue weighted by Crippen LogP contribution is -2.39. The van der Waals surface area contributed by atoms with E-state index in [9.17, 15) is 9.59 Å². The Labute approximate surface area is 151 Å². The second-order valence-electron chi connectivity index (χ2n) is 5.27. The molecule has 0 aromatic heterocycles. The summed E-state index contributed by atoms with van der Waals surface area (Å²) in [6.45, 7) is 0. The predicted octanol–water partition coefficient (Wildman–Crippen LogP) is 4.93. The third-order valence-electron chi connectivity index (χ3n) is 3.61.